The lowest BCUT2D eigenvalue weighted by Gasteiger charge is -2.35. The van der Waals surface area contributed by atoms with Crippen LogP contribution in [0, 0.1) is 6.92 Å². The van der Waals surface area contributed by atoms with E-state index in [2.05, 4.69) is 4.90 Å². The largest absolute Gasteiger partial charge is 0.491 e. The molecule has 1 saturated heterocycles. The lowest BCUT2D eigenvalue weighted by atomic mass is 10.2. The Morgan fingerprint density at radius 1 is 1.00 bits per heavy atom. The van der Waals surface area contributed by atoms with Gasteiger partial charge in [0.1, 0.15) is 16.4 Å². The smallest absolute Gasteiger partial charge is 0.339 e. The summed E-state index contributed by atoms with van der Waals surface area (Å²) in [6.45, 7) is 10.0. The van der Waals surface area contributed by atoms with E-state index in [4.69, 9.17) is 8.92 Å². The maximum absolute atomic E-state index is 12.7. The van der Waals surface area contributed by atoms with Crippen LogP contribution >= 0.6 is 0 Å². The number of anilines is 1. The van der Waals surface area contributed by atoms with E-state index < -0.39 is 10.1 Å². The Bertz CT molecular complexity index is 995. The first-order valence-corrected chi connectivity index (χ1v) is 11.4. The molecule has 8 heteroatoms. The summed E-state index contributed by atoms with van der Waals surface area (Å²) >= 11 is 0. The number of carbonyl (C=O) groups is 1. The zero-order valence-corrected chi connectivity index (χ0v) is 18.6. The predicted molar refractivity (Wildman–Crippen MR) is 116 cm³/mol. The van der Waals surface area contributed by atoms with Crippen LogP contribution in [0.5, 0.6) is 11.5 Å². The monoisotopic (exact) mass is 432 g/mol. The average molecular weight is 433 g/mol. The van der Waals surface area contributed by atoms with Gasteiger partial charge in [0.2, 0.25) is 5.91 Å². The second-order valence-corrected chi connectivity index (χ2v) is 9.16. The zero-order valence-electron chi connectivity index (χ0n) is 17.8. The first kappa shape index (κ1) is 22.0. The van der Waals surface area contributed by atoms with Gasteiger partial charge in [-0.25, -0.2) is 0 Å². The quantitative estimate of drug-likeness (QED) is 0.653. The van der Waals surface area contributed by atoms with Crippen molar-refractivity contribution < 1.29 is 22.1 Å². The fourth-order valence-electron chi connectivity index (χ4n) is 3.33. The molecule has 3 rings (SSSR count). The van der Waals surface area contributed by atoms with Crippen molar-refractivity contribution in [3.05, 3.63) is 48.0 Å². The highest BCUT2D eigenvalue weighted by Crippen LogP contribution is 2.27. The lowest BCUT2D eigenvalue weighted by Crippen LogP contribution is -2.48. The fraction of sp³-hybridized carbons (Fsp3) is 0.409. The topological polar surface area (TPSA) is 76.2 Å². The molecule has 0 aromatic heterocycles. The SMILES string of the molecule is CC(=O)N1CCN(c2ccc(OS(=O)(=O)c3ccc(OC(C)C)c(C)c3)cc2)CC1. The molecule has 1 aliphatic rings. The minimum Gasteiger partial charge on any atom is -0.491 e. The van der Waals surface area contributed by atoms with E-state index in [9.17, 15) is 13.2 Å². The van der Waals surface area contributed by atoms with Crippen molar-refractivity contribution >= 4 is 21.7 Å². The zero-order chi connectivity index (χ0) is 21.9. The van der Waals surface area contributed by atoms with Gasteiger partial charge in [0.25, 0.3) is 0 Å². The summed E-state index contributed by atoms with van der Waals surface area (Å²) in [4.78, 5) is 15.5. The van der Waals surface area contributed by atoms with Crippen molar-refractivity contribution in [1.82, 2.24) is 4.90 Å². The van der Waals surface area contributed by atoms with Crippen molar-refractivity contribution in [2.24, 2.45) is 0 Å². The molecule has 0 N–H and O–H groups in total. The van der Waals surface area contributed by atoms with E-state index in [1.165, 1.54) is 6.07 Å². The van der Waals surface area contributed by atoms with Crippen LogP contribution in [-0.4, -0.2) is 51.5 Å². The molecule has 1 heterocycles. The van der Waals surface area contributed by atoms with Crippen LogP contribution in [0.15, 0.2) is 47.4 Å². The van der Waals surface area contributed by atoms with Gasteiger partial charge in [-0.3, -0.25) is 4.79 Å². The average Bonchev–Trinajstić information content (AvgIpc) is 2.69. The predicted octanol–water partition coefficient (Wildman–Crippen LogP) is 3.22. The summed E-state index contributed by atoms with van der Waals surface area (Å²) < 4.78 is 36.3. The number of carbonyl (C=O) groups excluding carboxylic acids is 1. The summed E-state index contributed by atoms with van der Waals surface area (Å²) in [7, 11) is -3.95. The Morgan fingerprint density at radius 2 is 1.63 bits per heavy atom. The van der Waals surface area contributed by atoms with E-state index in [1.54, 1.807) is 38.1 Å². The number of benzene rings is 2. The molecule has 2 aromatic carbocycles. The molecule has 0 saturated carbocycles. The van der Waals surface area contributed by atoms with Crippen molar-refractivity contribution in [2.75, 3.05) is 31.1 Å². The third-order valence-corrected chi connectivity index (χ3v) is 6.17. The maximum atomic E-state index is 12.7. The third kappa shape index (κ3) is 5.24. The summed E-state index contributed by atoms with van der Waals surface area (Å²) in [6, 6.07) is 11.6. The number of amides is 1. The second kappa shape index (κ2) is 8.95. The number of hydrogen-bond donors (Lipinski definition) is 0. The molecule has 0 unspecified atom stereocenters. The summed E-state index contributed by atoms with van der Waals surface area (Å²) in [5.41, 5.74) is 1.70. The van der Waals surface area contributed by atoms with Crippen LogP contribution in [-0.2, 0) is 14.9 Å². The Balaban J connectivity index is 1.67. The fourth-order valence-corrected chi connectivity index (χ4v) is 4.35. The minimum atomic E-state index is -3.95. The Kier molecular flexibility index (Phi) is 6.55. The van der Waals surface area contributed by atoms with E-state index >= 15 is 0 Å². The van der Waals surface area contributed by atoms with Crippen LogP contribution in [0.4, 0.5) is 5.69 Å². The number of rotatable bonds is 6. The molecule has 0 spiro atoms. The Hall–Kier alpha value is -2.74. The van der Waals surface area contributed by atoms with Crippen molar-refractivity contribution in [3.63, 3.8) is 0 Å². The molecule has 1 amide bonds. The van der Waals surface area contributed by atoms with Gasteiger partial charge in [0.05, 0.1) is 6.10 Å². The van der Waals surface area contributed by atoms with Gasteiger partial charge < -0.3 is 18.7 Å². The standard InChI is InChI=1S/C22H28N2O5S/c1-16(2)28-22-10-9-21(15-17(22)3)30(26,27)29-20-7-5-19(6-8-20)24-13-11-23(12-14-24)18(4)25/h5-10,15-16H,11-14H2,1-4H3. The number of piperazine rings is 1. The van der Waals surface area contributed by atoms with Crippen LogP contribution < -0.4 is 13.8 Å². The first-order valence-electron chi connectivity index (χ1n) is 9.98. The molecule has 0 atom stereocenters. The van der Waals surface area contributed by atoms with E-state index in [-0.39, 0.29) is 22.7 Å². The van der Waals surface area contributed by atoms with Crippen LogP contribution in [0.3, 0.4) is 0 Å². The molecule has 0 bridgehead atoms. The molecule has 7 nitrogen and oxygen atoms in total. The normalized spacial score (nSPS) is 14.7. The molecule has 0 aliphatic carbocycles. The molecule has 162 valence electrons. The van der Waals surface area contributed by atoms with Gasteiger partial charge in [-0.15, -0.1) is 0 Å². The van der Waals surface area contributed by atoms with Gasteiger partial charge in [0, 0.05) is 38.8 Å². The van der Waals surface area contributed by atoms with Crippen LogP contribution in [0.25, 0.3) is 0 Å². The molecule has 0 radical (unpaired) electrons. The highest BCUT2D eigenvalue weighted by atomic mass is 32.2. The summed E-state index contributed by atoms with van der Waals surface area (Å²) in [6.07, 6.45) is 0.00589. The second-order valence-electron chi connectivity index (χ2n) is 7.62. The van der Waals surface area contributed by atoms with Gasteiger partial charge >= 0.3 is 10.1 Å². The minimum absolute atomic E-state index is 0.00589. The first-order chi connectivity index (χ1) is 14.2. The van der Waals surface area contributed by atoms with Crippen molar-refractivity contribution in [2.45, 2.75) is 38.7 Å². The van der Waals surface area contributed by atoms with Gasteiger partial charge in [-0.05, 0) is 68.8 Å². The molecule has 30 heavy (non-hydrogen) atoms. The molecule has 2 aromatic rings. The van der Waals surface area contributed by atoms with Crippen LogP contribution in [0.1, 0.15) is 26.3 Å². The van der Waals surface area contributed by atoms with Crippen LogP contribution in [0.2, 0.25) is 0 Å². The highest BCUT2D eigenvalue weighted by Gasteiger charge is 2.21. The van der Waals surface area contributed by atoms with E-state index in [0.717, 1.165) is 24.3 Å². The van der Waals surface area contributed by atoms with Gasteiger partial charge in [-0.1, -0.05) is 0 Å². The summed E-state index contributed by atoms with van der Waals surface area (Å²) in [5, 5.41) is 0. The Morgan fingerprint density at radius 3 is 2.17 bits per heavy atom. The van der Waals surface area contributed by atoms with Gasteiger partial charge in [0.15, 0.2) is 0 Å². The van der Waals surface area contributed by atoms with Gasteiger partial charge in [-0.2, -0.15) is 8.42 Å². The highest BCUT2D eigenvalue weighted by molar-refractivity contribution is 7.87. The molecule has 1 aliphatic heterocycles. The van der Waals surface area contributed by atoms with E-state index in [1.807, 2.05) is 30.9 Å². The van der Waals surface area contributed by atoms with Crippen molar-refractivity contribution in [1.29, 1.82) is 0 Å². The summed E-state index contributed by atoms with van der Waals surface area (Å²) in [5.74, 6) is 0.988. The number of aryl methyl sites for hydroxylation is 1. The van der Waals surface area contributed by atoms with E-state index in [0.29, 0.717) is 18.8 Å². The molecule has 1 fully saturated rings. The van der Waals surface area contributed by atoms with Crippen molar-refractivity contribution in [3.8, 4) is 11.5 Å². The number of nitrogens with zero attached hydrogens (tertiary/aromatic N) is 2. The molecular formula is C22H28N2O5S. The lowest BCUT2D eigenvalue weighted by molar-refractivity contribution is -0.129. The number of ether oxygens (including phenoxy) is 1. The third-order valence-electron chi connectivity index (χ3n) is 4.93. The molecular weight excluding hydrogens is 404 g/mol. The Labute approximate surface area is 178 Å². The maximum Gasteiger partial charge on any atom is 0.339 e. The number of hydrogen-bond acceptors (Lipinski definition) is 6.